The molecule has 4 rings (SSSR count). The SMILES string of the molecule is CSCc1nc2sc(C(=O)Nc3nc4ccc(C)cc4s3)c(C)c2c(=O)[nH]1. The van der Waals surface area contributed by atoms with E-state index in [0.29, 0.717) is 37.4 Å². The molecule has 0 aliphatic rings. The standard InChI is InChI=1S/C18H16N4O2S3/c1-8-4-5-10-11(6-8)26-18(19-10)22-16(24)14-9(2)13-15(23)20-12(7-25-3)21-17(13)27-14/h4-6H,7H2,1-3H3,(H,19,22,24)(H,20,21,23). The maximum atomic E-state index is 12.8. The normalized spacial score (nSPS) is 11.4. The number of carbonyl (C=O) groups is 1. The molecular weight excluding hydrogens is 400 g/mol. The molecule has 3 aromatic heterocycles. The van der Waals surface area contributed by atoms with Crippen LogP contribution in [0.2, 0.25) is 0 Å². The van der Waals surface area contributed by atoms with Crippen LogP contribution >= 0.6 is 34.4 Å². The first-order valence-electron chi connectivity index (χ1n) is 8.16. The smallest absolute Gasteiger partial charge is 0.267 e. The van der Waals surface area contributed by atoms with Crippen molar-refractivity contribution in [3.63, 3.8) is 0 Å². The maximum Gasteiger partial charge on any atom is 0.267 e. The molecule has 3 heterocycles. The van der Waals surface area contributed by atoms with Gasteiger partial charge < -0.3 is 4.98 Å². The van der Waals surface area contributed by atoms with Gasteiger partial charge in [-0.15, -0.1) is 11.3 Å². The van der Waals surface area contributed by atoms with Crippen LogP contribution in [0.3, 0.4) is 0 Å². The van der Waals surface area contributed by atoms with E-state index >= 15 is 0 Å². The second-order valence-electron chi connectivity index (χ2n) is 6.13. The fraction of sp³-hybridized carbons (Fsp3) is 0.222. The lowest BCUT2D eigenvalue weighted by Crippen LogP contribution is -2.13. The Labute approximate surface area is 167 Å². The number of anilines is 1. The third-order valence-corrected chi connectivity index (χ3v) is 6.78. The third kappa shape index (κ3) is 3.38. The summed E-state index contributed by atoms with van der Waals surface area (Å²) in [6, 6.07) is 5.98. The highest BCUT2D eigenvalue weighted by atomic mass is 32.2. The fourth-order valence-electron chi connectivity index (χ4n) is 2.85. The molecule has 1 aromatic carbocycles. The topological polar surface area (TPSA) is 87.7 Å². The highest BCUT2D eigenvalue weighted by Gasteiger charge is 2.20. The number of rotatable bonds is 4. The quantitative estimate of drug-likeness (QED) is 0.517. The molecule has 0 saturated carbocycles. The molecule has 0 spiro atoms. The minimum absolute atomic E-state index is 0.202. The van der Waals surface area contributed by atoms with Crippen LogP contribution in [-0.2, 0) is 5.75 Å². The van der Waals surface area contributed by atoms with Crippen molar-refractivity contribution in [1.29, 1.82) is 0 Å². The van der Waals surface area contributed by atoms with Gasteiger partial charge in [-0.1, -0.05) is 17.4 Å². The van der Waals surface area contributed by atoms with Gasteiger partial charge in [0, 0.05) is 0 Å². The number of carbonyl (C=O) groups excluding carboxylic acids is 1. The van der Waals surface area contributed by atoms with Crippen LogP contribution in [0.4, 0.5) is 5.13 Å². The number of thioether (sulfide) groups is 1. The van der Waals surface area contributed by atoms with Crippen LogP contribution in [0.1, 0.15) is 26.6 Å². The van der Waals surface area contributed by atoms with Crippen molar-refractivity contribution in [2.24, 2.45) is 0 Å². The summed E-state index contributed by atoms with van der Waals surface area (Å²) in [6.07, 6.45) is 1.95. The summed E-state index contributed by atoms with van der Waals surface area (Å²) in [5, 5.41) is 3.89. The summed E-state index contributed by atoms with van der Waals surface area (Å²) < 4.78 is 1.03. The van der Waals surface area contributed by atoms with Gasteiger partial charge in [-0.2, -0.15) is 11.8 Å². The average molecular weight is 417 g/mol. The summed E-state index contributed by atoms with van der Waals surface area (Å²) >= 11 is 4.25. The summed E-state index contributed by atoms with van der Waals surface area (Å²) in [4.78, 5) is 38.0. The van der Waals surface area contributed by atoms with E-state index in [-0.39, 0.29) is 11.5 Å². The van der Waals surface area contributed by atoms with Crippen LogP contribution in [0.5, 0.6) is 0 Å². The van der Waals surface area contributed by atoms with Gasteiger partial charge in [-0.25, -0.2) is 9.97 Å². The molecule has 2 N–H and O–H groups in total. The van der Waals surface area contributed by atoms with Gasteiger partial charge in [-0.3, -0.25) is 14.9 Å². The molecule has 4 aromatic rings. The molecule has 1 amide bonds. The number of hydrogen-bond acceptors (Lipinski definition) is 7. The zero-order valence-corrected chi connectivity index (χ0v) is 17.3. The number of fused-ring (bicyclic) bond motifs is 2. The van der Waals surface area contributed by atoms with Crippen molar-refractivity contribution in [3.05, 3.63) is 50.4 Å². The van der Waals surface area contributed by atoms with Crippen LogP contribution in [-0.4, -0.2) is 27.1 Å². The minimum atomic E-state index is -0.267. The van der Waals surface area contributed by atoms with Gasteiger partial charge in [0.05, 0.1) is 26.2 Å². The zero-order chi connectivity index (χ0) is 19.1. The van der Waals surface area contributed by atoms with E-state index in [1.165, 1.54) is 22.7 Å². The van der Waals surface area contributed by atoms with Crippen molar-refractivity contribution in [2.45, 2.75) is 19.6 Å². The second kappa shape index (κ2) is 7.06. The van der Waals surface area contributed by atoms with E-state index in [1.807, 2.05) is 31.4 Å². The number of benzene rings is 1. The number of aryl methyl sites for hydroxylation is 2. The number of amides is 1. The van der Waals surface area contributed by atoms with E-state index in [4.69, 9.17) is 0 Å². The Bertz CT molecular complexity index is 1240. The zero-order valence-electron chi connectivity index (χ0n) is 14.9. The third-order valence-electron chi connectivity index (χ3n) is 4.10. The van der Waals surface area contributed by atoms with Crippen molar-refractivity contribution < 1.29 is 4.79 Å². The Hall–Kier alpha value is -2.23. The number of thiazole rings is 1. The van der Waals surface area contributed by atoms with Gasteiger partial charge in [0.1, 0.15) is 10.7 Å². The summed E-state index contributed by atoms with van der Waals surface area (Å²) in [6.45, 7) is 3.80. The molecular formula is C18H16N4O2S3. The first-order chi connectivity index (χ1) is 13.0. The second-order valence-corrected chi connectivity index (χ2v) is 9.02. The molecule has 0 unspecified atom stereocenters. The van der Waals surface area contributed by atoms with Gasteiger partial charge in [0.25, 0.3) is 11.5 Å². The van der Waals surface area contributed by atoms with Gasteiger partial charge >= 0.3 is 0 Å². The van der Waals surface area contributed by atoms with E-state index in [0.717, 1.165) is 15.8 Å². The number of aromatic nitrogens is 3. The lowest BCUT2D eigenvalue weighted by molar-refractivity contribution is 0.103. The number of nitrogens with zero attached hydrogens (tertiary/aromatic N) is 2. The van der Waals surface area contributed by atoms with Gasteiger partial charge in [0.15, 0.2) is 5.13 Å². The number of aromatic amines is 1. The van der Waals surface area contributed by atoms with Crippen molar-refractivity contribution in [2.75, 3.05) is 11.6 Å². The lowest BCUT2D eigenvalue weighted by Gasteiger charge is -1.99. The first-order valence-corrected chi connectivity index (χ1v) is 11.2. The minimum Gasteiger partial charge on any atom is -0.309 e. The van der Waals surface area contributed by atoms with E-state index in [1.54, 1.807) is 18.7 Å². The van der Waals surface area contributed by atoms with Crippen LogP contribution in [0.25, 0.3) is 20.4 Å². The lowest BCUT2D eigenvalue weighted by atomic mass is 10.2. The summed E-state index contributed by atoms with van der Waals surface area (Å²) in [5.74, 6) is 0.973. The summed E-state index contributed by atoms with van der Waals surface area (Å²) in [5.41, 5.74) is 2.45. The van der Waals surface area contributed by atoms with Crippen molar-refractivity contribution in [1.82, 2.24) is 15.0 Å². The molecule has 9 heteroatoms. The molecule has 6 nitrogen and oxygen atoms in total. The molecule has 138 valence electrons. The van der Waals surface area contributed by atoms with E-state index < -0.39 is 0 Å². The van der Waals surface area contributed by atoms with Gasteiger partial charge in [0.2, 0.25) is 0 Å². The van der Waals surface area contributed by atoms with Crippen LogP contribution in [0.15, 0.2) is 23.0 Å². The predicted octanol–water partition coefficient (Wildman–Crippen LogP) is 4.33. The Balaban J connectivity index is 1.70. The number of H-pyrrole nitrogens is 1. The van der Waals surface area contributed by atoms with Crippen LogP contribution in [0, 0.1) is 13.8 Å². The molecule has 0 fully saturated rings. The Kier molecular flexibility index (Phi) is 4.75. The largest absolute Gasteiger partial charge is 0.309 e. The Morgan fingerprint density at radius 2 is 2.07 bits per heavy atom. The number of nitrogens with one attached hydrogen (secondary N) is 2. The highest BCUT2D eigenvalue weighted by Crippen LogP contribution is 2.30. The van der Waals surface area contributed by atoms with E-state index in [2.05, 4.69) is 20.3 Å². The Morgan fingerprint density at radius 3 is 2.85 bits per heavy atom. The number of hydrogen-bond donors (Lipinski definition) is 2. The maximum absolute atomic E-state index is 12.8. The van der Waals surface area contributed by atoms with Crippen molar-refractivity contribution in [3.8, 4) is 0 Å². The number of thiophene rings is 1. The molecule has 0 bridgehead atoms. The van der Waals surface area contributed by atoms with Gasteiger partial charge in [-0.05, 0) is 43.4 Å². The molecule has 0 aliphatic carbocycles. The summed E-state index contributed by atoms with van der Waals surface area (Å²) in [7, 11) is 0. The molecule has 0 aliphatic heterocycles. The fourth-order valence-corrected chi connectivity index (χ4v) is 5.31. The van der Waals surface area contributed by atoms with E-state index in [9.17, 15) is 9.59 Å². The van der Waals surface area contributed by atoms with Crippen molar-refractivity contribution >= 4 is 65.9 Å². The Morgan fingerprint density at radius 1 is 1.26 bits per heavy atom. The first kappa shape index (κ1) is 18.1. The predicted molar refractivity (Wildman–Crippen MR) is 115 cm³/mol. The monoisotopic (exact) mass is 416 g/mol. The molecule has 27 heavy (non-hydrogen) atoms. The average Bonchev–Trinajstić information content (AvgIpc) is 3.15. The highest BCUT2D eigenvalue weighted by molar-refractivity contribution is 7.97. The molecule has 0 radical (unpaired) electrons. The van der Waals surface area contributed by atoms with Crippen LogP contribution < -0.4 is 10.9 Å². The molecule has 0 atom stereocenters. The molecule has 0 saturated heterocycles.